The van der Waals surface area contributed by atoms with Crippen molar-refractivity contribution in [3.63, 3.8) is 0 Å². The molecule has 1 aliphatic rings. The number of benzene rings is 1. The third-order valence-electron chi connectivity index (χ3n) is 4.46. The monoisotopic (exact) mass is 285 g/mol. The minimum atomic E-state index is -0.752. The van der Waals surface area contributed by atoms with Crippen LogP contribution < -0.4 is 5.73 Å². The Balaban J connectivity index is 2.27. The summed E-state index contributed by atoms with van der Waals surface area (Å²) in [6, 6.07) is 4.23. The zero-order chi connectivity index (χ0) is 14.0. The highest BCUT2D eigenvalue weighted by Gasteiger charge is 2.40. The highest BCUT2D eigenvalue weighted by atomic mass is 35.5. The van der Waals surface area contributed by atoms with E-state index in [1.54, 1.807) is 6.07 Å². The van der Waals surface area contributed by atoms with Crippen LogP contribution in [0.25, 0.3) is 0 Å². The van der Waals surface area contributed by atoms with Crippen LogP contribution in [0.4, 0.5) is 4.39 Å². The Bertz CT molecular complexity index is 424. The zero-order valence-electron chi connectivity index (χ0n) is 11.2. The second-order valence-electron chi connectivity index (χ2n) is 5.85. The van der Waals surface area contributed by atoms with Crippen LogP contribution in [0.1, 0.15) is 44.3 Å². The van der Waals surface area contributed by atoms with E-state index in [4.69, 9.17) is 17.3 Å². The predicted molar refractivity (Wildman–Crippen MR) is 75.5 cm³/mol. The van der Waals surface area contributed by atoms with Gasteiger partial charge in [-0.3, -0.25) is 0 Å². The van der Waals surface area contributed by atoms with Gasteiger partial charge in [-0.2, -0.15) is 0 Å². The predicted octanol–water partition coefficient (Wildman–Crippen LogP) is 3.67. The van der Waals surface area contributed by atoms with Gasteiger partial charge in [0.1, 0.15) is 5.82 Å². The molecule has 1 aromatic rings. The average molecular weight is 286 g/mol. The van der Waals surface area contributed by atoms with Crippen LogP contribution in [0.5, 0.6) is 0 Å². The summed E-state index contributed by atoms with van der Waals surface area (Å²) in [4.78, 5) is 0. The summed E-state index contributed by atoms with van der Waals surface area (Å²) in [5.41, 5.74) is 6.10. The first kappa shape index (κ1) is 14.8. The number of aliphatic hydroxyl groups excluding tert-OH is 1. The average Bonchev–Trinajstić information content (AvgIpc) is 2.38. The maximum Gasteiger partial charge on any atom is 0.125 e. The number of halogens is 2. The number of aliphatic hydroxyl groups is 1. The van der Waals surface area contributed by atoms with E-state index in [0.29, 0.717) is 23.0 Å². The van der Waals surface area contributed by atoms with Gasteiger partial charge in [-0.15, -0.1) is 0 Å². The van der Waals surface area contributed by atoms with Gasteiger partial charge in [0.05, 0.1) is 6.10 Å². The molecule has 106 valence electrons. The number of rotatable bonds is 3. The van der Waals surface area contributed by atoms with Gasteiger partial charge < -0.3 is 10.8 Å². The first-order valence-corrected chi connectivity index (χ1v) is 7.19. The van der Waals surface area contributed by atoms with Crippen molar-refractivity contribution in [2.45, 2.75) is 38.7 Å². The van der Waals surface area contributed by atoms with E-state index in [9.17, 15) is 9.50 Å². The van der Waals surface area contributed by atoms with E-state index >= 15 is 0 Å². The molecular formula is C15H21ClFNO. The molecule has 1 atom stereocenters. The van der Waals surface area contributed by atoms with Crippen molar-refractivity contribution in [3.8, 4) is 0 Å². The molecule has 0 aliphatic heterocycles. The number of nitrogens with two attached hydrogens (primary N) is 1. The lowest BCUT2D eigenvalue weighted by atomic mass is 9.66. The van der Waals surface area contributed by atoms with Gasteiger partial charge in [-0.1, -0.05) is 31.4 Å². The molecule has 1 saturated carbocycles. The van der Waals surface area contributed by atoms with Gasteiger partial charge in [0.25, 0.3) is 0 Å². The molecule has 0 bridgehead atoms. The summed E-state index contributed by atoms with van der Waals surface area (Å²) >= 11 is 5.86. The van der Waals surface area contributed by atoms with Crippen LogP contribution in [0.2, 0.25) is 5.02 Å². The third-order valence-corrected chi connectivity index (χ3v) is 4.68. The highest BCUT2D eigenvalue weighted by Crippen LogP contribution is 2.47. The Hall–Kier alpha value is -0.640. The molecule has 0 heterocycles. The van der Waals surface area contributed by atoms with E-state index in [1.807, 2.05) is 0 Å². The highest BCUT2D eigenvalue weighted by molar-refractivity contribution is 6.30. The molecule has 19 heavy (non-hydrogen) atoms. The SMILES string of the molecule is CC1CCC(CN)(C(O)c2cc(F)cc(Cl)c2)CC1. The van der Waals surface area contributed by atoms with E-state index in [-0.39, 0.29) is 5.41 Å². The van der Waals surface area contributed by atoms with E-state index in [1.165, 1.54) is 12.1 Å². The largest absolute Gasteiger partial charge is 0.388 e. The van der Waals surface area contributed by atoms with Crippen molar-refractivity contribution >= 4 is 11.6 Å². The Morgan fingerprint density at radius 1 is 1.42 bits per heavy atom. The minimum absolute atomic E-state index is 0.311. The fourth-order valence-electron chi connectivity index (χ4n) is 3.01. The van der Waals surface area contributed by atoms with E-state index in [0.717, 1.165) is 25.7 Å². The first-order valence-electron chi connectivity index (χ1n) is 6.81. The normalized spacial score (nSPS) is 29.2. The van der Waals surface area contributed by atoms with Crippen LogP contribution in [-0.4, -0.2) is 11.7 Å². The Morgan fingerprint density at radius 3 is 2.58 bits per heavy atom. The van der Waals surface area contributed by atoms with Crippen LogP contribution in [0, 0.1) is 17.2 Å². The summed E-state index contributed by atoms with van der Waals surface area (Å²) in [6.07, 6.45) is 3.10. The van der Waals surface area contributed by atoms with Crippen LogP contribution >= 0.6 is 11.6 Å². The molecule has 0 amide bonds. The summed E-state index contributed by atoms with van der Waals surface area (Å²) < 4.78 is 13.4. The molecule has 0 radical (unpaired) electrons. The fourth-order valence-corrected chi connectivity index (χ4v) is 3.24. The van der Waals surface area contributed by atoms with Crippen molar-refractivity contribution in [1.82, 2.24) is 0 Å². The molecule has 4 heteroatoms. The van der Waals surface area contributed by atoms with Gasteiger partial charge in [0, 0.05) is 17.0 Å². The smallest absolute Gasteiger partial charge is 0.125 e. The molecular weight excluding hydrogens is 265 g/mol. The maximum atomic E-state index is 13.4. The zero-order valence-corrected chi connectivity index (χ0v) is 12.0. The lowest BCUT2D eigenvalue weighted by Crippen LogP contribution is -2.40. The van der Waals surface area contributed by atoms with Crippen LogP contribution in [-0.2, 0) is 0 Å². The Kier molecular flexibility index (Phi) is 4.49. The molecule has 1 aliphatic carbocycles. The summed E-state index contributed by atoms with van der Waals surface area (Å²) in [7, 11) is 0. The van der Waals surface area contributed by atoms with Crippen molar-refractivity contribution in [2.24, 2.45) is 17.1 Å². The van der Waals surface area contributed by atoms with Crippen molar-refractivity contribution in [3.05, 3.63) is 34.6 Å². The molecule has 3 N–H and O–H groups in total. The molecule has 2 rings (SSSR count). The van der Waals surface area contributed by atoms with Crippen LogP contribution in [0.15, 0.2) is 18.2 Å². The Labute approximate surface area is 118 Å². The fraction of sp³-hybridized carbons (Fsp3) is 0.600. The van der Waals surface area contributed by atoms with Gasteiger partial charge >= 0.3 is 0 Å². The number of hydrogen-bond donors (Lipinski definition) is 2. The summed E-state index contributed by atoms with van der Waals surface area (Å²) in [5, 5.41) is 10.9. The van der Waals surface area contributed by atoms with Crippen molar-refractivity contribution < 1.29 is 9.50 Å². The second kappa shape index (κ2) is 5.78. The molecule has 2 nitrogen and oxygen atoms in total. The third kappa shape index (κ3) is 3.10. The number of hydrogen-bond acceptors (Lipinski definition) is 2. The molecule has 0 aromatic heterocycles. The second-order valence-corrected chi connectivity index (χ2v) is 6.29. The van der Waals surface area contributed by atoms with E-state index in [2.05, 4.69) is 6.92 Å². The van der Waals surface area contributed by atoms with Gasteiger partial charge in [0.15, 0.2) is 0 Å². The molecule has 1 aromatic carbocycles. The standard InChI is InChI=1S/C15H21ClFNO/c1-10-2-4-15(9-18,5-3-10)14(19)11-6-12(16)8-13(17)7-11/h6-8,10,14,19H,2-5,9,18H2,1H3. The minimum Gasteiger partial charge on any atom is -0.388 e. The maximum absolute atomic E-state index is 13.4. The summed E-state index contributed by atoms with van der Waals surface area (Å²) in [5.74, 6) is 0.251. The van der Waals surface area contributed by atoms with Crippen molar-refractivity contribution in [1.29, 1.82) is 0 Å². The van der Waals surface area contributed by atoms with E-state index < -0.39 is 11.9 Å². The lowest BCUT2D eigenvalue weighted by Gasteiger charge is -2.42. The quantitative estimate of drug-likeness (QED) is 0.890. The molecule has 1 unspecified atom stereocenters. The van der Waals surface area contributed by atoms with Crippen LogP contribution in [0.3, 0.4) is 0 Å². The molecule has 0 saturated heterocycles. The van der Waals surface area contributed by atoms with Gasteiger partial charge in [0.2, 0.25) is 0 Å². The molecule has 0 spiro atoms. The van der Waals surface area contributed by atoms with Gasteiger partial charge in [-0.05, 0) is 42.5 Å². The lowest BCUT2D eigenvalue weighted by molar-refractivity contribution is -0.00834. The summed E-state index contributed by atoms with van der Waals surface area (Å²) in [6.45, 7) is 2.63. The van der Waals surface area contributed by atoms with Crippen molar-refractivity contribution in [2.75, 3.05) is 6.54 Å². The first-order chi connectivity index (χ1) is 8.97. The van der Waals surface area contributed by atoms with Gasteiger partial charge in [-0.25, -0.2) is 4.39 Å². The Morgan fingerprint density at radius 2 is 2.05 bits per heavy atom. The topological polar surface area (TPSA) is 46.2 Å². The molecule has 1 fully saturated rings.